The van der Waals surface area contributed by atoms with Gasteiger partial charge < -0.3 is 4.74 Å². The minimum Gasteiger partial charge on any atom is -0.478 e. The molecule has 90 valence electrons. The zero-order valence-corrected chi connectivity index (χ0v) is 9.40. The quantitative estimate of drug-likeness (QED) is 0.599. The van der Waals surface area contributed by atoms with Gasteiger partial charge in [0.05, 0.1) is 12.2 Å². The van der Waals surface area contributed by atoms with Crippen LogP contribution in [-0.4, -0.2) is 11.6 Å². The van der Waals surface area contributed by atoms with Crippen molar-refractivity contribution in [3.8, 4) is 5.88 Å². The van der Waals surface area contributed by atoms with Gasteiger partial charge in [0.15, 0.2) is 0 Å². The van der Waals surface area contributed by atoms with Crippen molar-refractivity contribution in [3.63, 3.8) is 0 Å². The van der Waals surface area contributed by atoms with Gasteiger partial charge in [-0.2, -0.15) is 13.2 Å². The molecule has 1 aromatic heterocycles. The summed E-state index contributed by atoms with van der Waals surface area (Å²) < 4.78 is 42.3. The summed E-state index contributed by atoms with van der Waals surface area (Å²) in [4.78, 5) is 3.66. The third kappa shape index (κ3) is 3.89. The number of rotatable bonds is 4. The number of nitrogens with zero attached hydrogens (tertiary/aromatic N) is 1. The van der Waals surface area contributed by atoms with Crippen LogP contribution in [0.4, 0.5) is 13.2 Å². The average Bonchev–Trinajstić information content (AvgIpc) is 2.16. The number of alkyl halides is 3. The van der Waals surface area contributed by atoms with Gasteiger partial charge in [0.2, 0.25) is 5.88 Å². The van der Waals surface area contributed by atoms with E-state index in [1.54, 1.807) is 0 Å². The van der Waals surface area contributed by atoms with Crippen LogP contribution in [0.25, 0.3) is 0 Å². The first-order valence-corrected chi connectivity index (χ1v) is 5.19. The fraction of sp³-hybridized carbons (Fsp3) is 0.500. The zero-order chi connectivity index (χ0) is 12.2. The van der Waals surface area contributed by atoms with Crippen molar-refractivity contribution in [2.24, 2.45) is 0 Å². The Morgan fingerprint density at radius 1 is 1.38 bits per heavy atom. The van der Waals surface area contributed by atoms with Crippen molar-refractivity contribution >= 4 is 11.6 Å². The molecule has 0 aliphatic heterocycles. The van der Waals surface area contributed by atoms with E-state index in [4.69, 9.17) is 16.3 Å². The van der Waals surface area contributed by atoms with E-state index >= 15 is 0 Å². The summed E-state index contributed by atoms with van der Waals surface area (Å²) >= 11 is 5.48. The normalized spacial score (nSPS) is 11.6. The van der Waals surface area contributed by atoms with E-state index in [1.165, 1.54) is 0 Å². The number of ether oxygens (including phenoxy) is 1. The number of aromatic nitrogens is 1. The molecule has 0 spiro atoms. The molecule has 0 atom stereocenters. The molecule has 0 aliphatic carbocycles. The van der Waals surface area contributed by atoms with Gasteiger partial charge >= 0.3 is 6.18 Å². The summed E-state index contributed by atoms with van der Waals surface area (Å²) in [6.07, 6.45) is -2.78. The Balaban J connectivity index is 2.82. The standard InChI is InChI=1S/C10H11ClF3NO/c1-2-3-4-16-9-6-7(10(12,13)14)5-8(11)15-9/h5-6H,2-4H2,1H3. The molecule has 0 radical (unpaired) electrons. The molecule has 6 heteroatoms. The zero-order valence-electron chi connectivity index (χ0n) is 8.64. The maximum atomic E-state index is 12.4. The van der Waals surface area contributed by atoms with Gasteiger partial charge in [-0.1, -0.05) is 24.9 Å². The van der Waals surface area contributed by atoms with Gasteiger partial charge in [-0.25, -0.2) is 4.98 Å². The molecular weight excluding hydrogens is 243 g/mol. The molecule has 0 fully saturated rings. The molecule has 2 nitrogen and oxygen atoms in total. The second kappa shape index (κ2) is 5.39. The average molecular weight is 254 g/mol. The van der Waals surface area contributed by atoms with Gasteiger partial charge in [0.1, 0.15) is 5.15 Å². The SMILES string of the molecule is CCCCOc1cc(C(F)(F)F)cc(Cl)n1. The van der Waals surface area contributed by atoms with E-state index in [-0.39, 0.29) is 11.0 Å². The van der Waals surface area contributed by atoms with Gasteiger partial charge in [0.25, 0.3) is 0 Å². The van der Waals surface area contributed by atoms with Crippen LogP contribution in [0.1, 0.15) is 25.3 Å². The molecule has 0 aromatic carbocycles. The lowest BCUT2D eigenvalue weighted by molar-refractivity contribution is -0.137. The monoisotopic (exact) mass is 253 g/mol. The molecule has 16 heavy (non-hydrogen) atoms. The lowest BCUT2D eigenvalue weighted by atomic mass is 10.2. The van der Waals surface area contributed by atoms with Gasteiger partial charge in [-0.05, 0) is 12.5 Å². The maximum absolute atomic E-state index is 12.4. The number of hydrogen-bond donors (Lipinski definition) is 0. The van der Waals surface area contributed by atoms with E-state index < -0.39 is 11.7 Å². The van der Waals surface area contributed by atoms with Crippen LogP contribution in [0.5, 0.6) is 5.88 Å². The van der Waals surface area contributed by atoms with Crippen molar-refractivity contribution in [2.45, 2.75) is 25.9 Å². The molecule has 0 bridgehead atoms. The first-order valence-electron chi connectivity index (χ1n) is 4.81. The van der Waals surface area contributed by atoms with E-state index in [0.717, 1.165) is 25.0 Å². The number of halogens is 4. The molecule has 0 saturated heterocycles. The van der Waals surface area contributed by atoms with Crippen LogP contribution in [-0.2, 0) is 6.18 Å². The van der Waals surface area contributed by atoms with Crippen molar-refractivity contribution in [2.75, 3.05) is 6.61 Å². The first kappa shape index (κ1) is 13.1. The summed E-state index contributed by atoms with van der Waals surface area (Å²) in [7, 11) is 0. The van der Waals surface area contributed by atoms with Gasteiger partial charge in [-0.15, -0.1) is 0 Å². The number of unbranched alkanes of at least 4 members (excludes halogenated alkanes) is 1. The Bertz CT molecular complexity index is 354. The highest BCUT2D eigenvalue weighted by Gasteiger charge is 2.31. The van der Waals surface area contributed by atoms with Gasteiger partial charge in [-0.3, -0.25) is 0 Å². The third-order valence-corrected chi connectivity index (χ3v) is 2.04. The van der Waals surface area contributed by atoms with Crippen LogP contribution in [0.2, 0.25) is 5.15 Å². The van der Waals surface area contributed by atoms with Crippen molar-refractivity contribution in [1.82, 2.24) is 4.98 Å². The fourth-order valence-electron chi connectivity index (χ4n) is 1.03. The predicted molar refractivity (Wildman–Crippen MR) is 54.7 cm³/mol. The molecule has 0 N–H and O–H groups in total. The van der Waals surface area contributed by atoms with E-state index in [0.29, 0.717) is 6.61 Å². The van der Waals surface area contributed by atoms with Crippen molar-refractivity contribution < 1.29 is 17.9 Å². The van der Waals surface area contributed by atoms with Crippen LogP contribution < -0.4 is 4.74 Å². The lowest BCUT2D eigenvalue weighted by Crippen LogP contribution is -2.07. The minimum absolute atomic E-state index is 0.0896. The fourth-order valence-corrected chi connectivity index (χ4v) is 1.23. The van der Waals surface area contributed by atoms with Crippen LogP contribution in [0, 0.1) is 0 Å². The second-order valence-corrected chi connectivity index (χ2v) is 3.60. The third-order valence-electron chi connectivity index (χ3n) is 1.85. The molecule has 0 saturated carbocycles. The highest BCUT2D eigenvalue weighted by molar-refractivity contribution is 6.29. The summed E-state index contributed by atoms with van der Waals surface area (Å²) in [5.74, 6) is -0.0896. The Hall–Kier alpha value is -0.970. The Morgan fingerprint density at radius 2 is 2.06 bits per heavy atom. The van der Waals surface area contributed by atoms with Crippen molar-refractivity contribution in [3.05, 3.63) is 22.8 Å². The summed E-state index contributed by atoms with van der Waals surface area (Å²) in [6, 6.07) is 1.62. The Morgan fingerprint density at radius 3 is 2.62 bits per heavy atom. The largest absolute Gasteiger partial charge is 0.478 e. The lowest BCUT2D eigenvalue weighted by Gasteiger charge is -2.09. The van der Waals surface area contributed by atoms with Crippen molar-refractivity contribution in [1.29, 1.82) is 0 Å². The number of hydrogen-bond acceptors (Lipinski definition) is 2. The van der Waals surface area contributed by atoms with E-state index in [2.05, 4.69) is 4.98 Å². The second-order valence-electron chi connectivity index (χ2n) is 3.22. The van der Waals surface area contributed by atoms with E-state index in [1.807, 2.05) is 6.92 Å². The molecule has 0 unspecified atom stereocenters. The topological polar surface area (TPSA) is 22.1 Å². The number of pyridine rings is 1. The summed E-state index contributed by atoms with van der Waals surface area (Å²) in [6.45, 7) is 2.29. The molecule has 1 heterocycles. The highest BCUT2D eigenvalue weighted by atomic mass is 35.5. The molecular formula is C10H11ClF3NO. The van der Waals surface area contributed by atoms with Crippen LogP contribution in [0.15, 0.2) is 12.1 Å². The Kier molecular flexibility index (Phi) is 4.41. The minimum atomic E-state index is -4.44. The molecule has 1 rings (SSSR count). The summed E-state index contributed by atoms with van der Waals surface area (Å²) in [5, 5.41) is -0.221. The first-order chi connectivity index (χ1) is 7.43. The predicted octanol–water partition coefficient (Wildman–Crippen LogP) is 3.93. The molecule has 0 amide bonds. The van der Waals surface area contributed by atoms with Gasteiger partial charge in [0, 0.05) is 6.07 Å². The smallest absolute Gasteiger partial charge is 0.416 e. The highest BCUT2D eigenvalue weighted by Crippen LogP contribution is 2.32. The molecule has 1 aromatic rings. The summed E-state index contributed by atoms with van der Waals surface area (Å²) in [5.41, 5.74) is -0.848. The van der Waals surface area contributed by atoms with Crippen LogP contribution >= 0.6 is 11.6 Å². The van der Waals surface area contributed by atoms with E-state index in [9.17, 15) is 13.2 Å². The maximum Gasteiger partial charge on any atom is 0.416 e. The van der Waals surface area contributed by atoms with Crippen LogP contribution in [0.3, 0.4) is 0 Å². The molecule has 0 aliphatic rings. The Labute approximate surface area is 96.4 Å².